The molecule has 0 spiro atoms. The maximum atomic E-state index is 12.2. The monoisotopic (exact) mass is 301 g/mol. The number of pyridine rings is 1. The third-order valence-electron chi connectivity index (χ3n) is 3.89. The molecule has 0 saturated carbocycles. The summed E-state index contributed by atoms with van der Waals surface area (Å²) in [6.07, 6.45) is 4.60. The first kappa shape index (κ1) is 14.2. The number of thioether (sulfide) groups is 1. The number of hydrogen-bond acceptors (Lipinski definition) is 4. The molecule has 1 aromatic carbocycles. The Hall–Kier alpha value is -1.75. The number of nitrogen functional groups attached to an aromatic ring is 1. The van der Waals surface area contributed by atoms with Gasteiger partial charge in [0, 0.05) is 18.0 Å². The van der Waals surface area contributed by atoms with Crippen LogP contribution in [0.2, 0.25) is 0 Å². The third kappa shape index (κ3) is 3.29. The van der Waals surface area contributed by atoms with Gasteiger partial charge >= 0.3 is 0 Å². The van der Waals surface area contributed by atoms with Crippen molar-refractivity contribution in [3.05, 3.63) is 30.5 Å². The molecule has 1 aliphatic rings. The number of amides is 1. The van der Waals surface area contributed by atoms with Crippen LogP contribution in [0.5, 0.6) is 0 Å². The first-order valence-electron chi connectivity index (χ1n) is 7.25. The molecule has 4 nitrogen and oxygen atoms in total. The van der Waals surface area contributed by atoms with Gasteiger partial charge in [0.05, 0.1) is 16.9 Å². The minimum atomic E-state index is 0.0850. The van der Waals surface area contributed by atoms with Crippen molar-refractivity contribution in [2.45, 2.75) is 19.3 Å². The Bertz CT molecular complexity index is 653. The maximum Gasteiger partial charge on any atom is 0.224 e. The average Bonchev–Trinajstić information content (AvgIpc) is 2.51. The zero-order valence-electron chi connectivity index (χ0n) is 11.8. The van der Waals surface area contributed by atoms with Crippen LogP contribution in [0.15, 0.2) is 30.5 Å². The molecule has 2 aromatic rings. The SMILES string of the molecule is Nc1ccc(NC(=O)CC2CCSCC2)c2cccnc12. The standard InChI is InChI=1S/C16H19N3OS/c17-13-3-4-14(12-2-1-7-18-16(12)13)19-15(20)10-11-5-8-21-9-6-11/h1-4,7,11H,5-6,8-10,17H2,(H,19,20). The van der Waals surface area contributed by atoms with Crippen LogP contribution in [0.25, 0.3) is 10.9 Å². The molecule has 1 aliphatic heterocycles. The molecule has 5 heteroatoms. The molecule has 0 atom stereocenters. The molecular formula is C16H19N3OS. The predicted octanol–water partition coefficient (Wildman–Crippen LogP) is 3.29. The number of nitrogens with one attached hydrogen (secondary N) is 1. The number of carbonyl (C=O) groups is 1. The van der Waals surface area contributed by atoms with E-state index in [1.165, 1.54) is 11.5 Å². The minimum absolute atomic E-state index is 0.0850. The van der Waals surface area contributed by atoms with Gasteiger partial charge in [0.1, 0.15) is 0 Å². The van der Waals surface area contributed by atoms with E-state index in [9.17, 15) is 4.79 Å². The summed E-state index contributed by atoms with van der Waals surface area (Å²) in [7, 11) is 0. The minimum Gasteiger partial charge on any atom is -0.397 e. The second-order valence-corrected chi connectivity index (χ2v) is 6.63. The number of fused-ring (bicyclic) bond motifs is 1. The molecule has 3 rings (SSSR count). The van der Waals surface area contributed by atoms with Crippen molar-refractivity contribution in [1.29, 1.82) is 0 Å². The highest BCUT2D eigenvalue weighted by Gasteiger charge is 2.18. The Morgan fingerprint density at radius 1 is 1.33 bits per heavy atom. The molecular weight excluding hydrogens is 282 g/mol. The van der Waals surface area contributed by atoms with Crippen molar-refractivity contribution >= 4 is 39.9 Å². The van der Waals surface area contributed by atoms with Gasteiger partial charge in [-0.1, -0.05) is 0 Å². The Morgan fingerprint density at radius 3 is 2.95 bits per heavy atom. The summed E-state index contributed by atoms with van der Waals surface area (Å²) in [6, 6.07) is 7.44. The smallest absolute Gasteiger partial charge is 0.224 e. The molecule has 0 bridgehead atoms. The lowest BCUT2D eigenvalue weighted by atomic mass is 9.98. The van der Waals surface area contributed by atoms with Crippen LogP contribution >= 0.6 is 11.8 Å². The molecule has 21 heavy (non-hydrogen) atoms. The lowest BCUT2D eigenvalue weighted by Gasteiger charge is -2.20. The van der Waals surface area contributed by atoms with E-state index < -0.39 is 0 Å². The third-order valence-corrected chi connectivity index (χ3v) is 4.94. The highest BCUT2D eigenvalue weighted by atomic mass is 32.2. The number of benzene rings is 1. The molecule has 110 valence electrons. The summed E-state index contributed by atoms with van der Waals surface area (Å²) in [4.78, 5) is 16.5. The van der Waals surface area contributed by atoms with Gasteiger partial charge in [-0.15, -0.1) is 0 Å². The molecule has 3 N–H and O–H groups in total. The largest absolute Gasteiger partial charge is 0.397 e. The fraction of sp³-hybridized carbons (Fsp3) is 0.375. The van der Waals surface area contributed by atoms with Crippen LogP contribution < -0.4 is 11.1 Å². The fourth-order valence-electron chi connectivity index (χ4n) is 2.72. The Labute approximate surface area is 128 Å². The first-order valence-corrected chi connectivity index (χ1v) is 8.40. The van der Waals surface area contributed by atoms with Crippen molar-refractivity contribution in [2.75, 3.05) is 22.6 Å². The number of nitrogens with two attached hydrogens (primary N) is 1. The van der Waals surface area contributed by atoms with E-state index >= 15 is 0 Å². The topological polar surface area (TPSA) is 68.0 Å². The number of aromatic nitrogens is 1. The molecule has 1 fully saturated rings. The van der Waals surface area contributed by atoms with Crippen molar-refractivity contribution < 1.29 is 4.79 Å². The first-order chi connectivity index (χ1) is 10.2. The van der Waals surface area contributed by atoms with Gasteiger partial charge in [-0.25, -0.2) is 0 Å². The number of carbonyl (C=O) groups excluding carboxylic acids is 1. The van der Waals surface area contributed by atoms with Crippen molar-refractivity contribution in [3.8, 4) is 0 Å². The number of hydrogen-bond donors (Lipinski definition) is 2. The van der Waals surface area contributed by atoms with Crippen LogP contribution in [0.1, 0.15) is 19.3 Å². The van der Waals surface area contributed by atoms with Gasteiger partial charge in [-0.2, -0.15) is 11.8 Å². The van der Waals surface area contributed by atoms with Gasteiger partial charge in [0.2, 0.25) is 5.91 Å². The zero-order chi connectivity index (χ0) is 14.7. The summed E-state index contributed by atoms with van der Waals surface area (Å²) < 4.78 is 0. The summed E-state index contributed by atoms with van der Waals surface area (Å²) in [6.45, 7) is 0. The normalized spacial score (nSPS) is 16.0. The molecule has 0 radical (unpaired) electrons. The van der Waals surface area contributed by atoms with E-state index in [0.29, 0.717) is 18.0 Å². The van der Waals surface area contributed by atoms with E-state index in [1.807, 2.05) is 30.0 Å². The number of nitrogens with zero attached hydrogens (tertiary/aromatic N) is 1. The molecule has 2 heterocycles. The van der Waals surface area contributed by atoms with Gasteiger partial charge in [0.25, 0.3) is 0 Å². The highest BCUT2D eigenvalue weighted by molar-refractivity contribution is 7.99. The van der Waals surface area contributed by atoms with Gasteiger partial charge in [-0.05, 0) is 54.5 Å². The van der Waals surface area contributed by atoms with E-state index in [4.69, 9.17) is 5.73 Å². The quantitative estimate of drug-likeness (QED) is 0.854. The molecule has 1 saturated heterocycles. The average molecular weight is 301 g/mol. The Morgan fingerprint density at radius 2 is 2.14 bits per heavy atom. The van der Waals surface area contributed by atoms with Crippen molar-refractivity contribution in [2.24, 2.45) is 5.92 Å². The summed E-state index contributed by atoms with van der Waals surface area (Å²) in [5, 5.41) is 3.91. The highest BCUT2D eigenvalue weighted by Crippen LogP contribution is 2.28. The van der Waals surface area contributed by atoms with Crippen molar-refractivity contribution in [1.82, 2.24) is 4.98 Å². The summed E-state index contributed by atoms with van der Waals surface area (Å²) in [5.74, 6) is 2.95. The number of rotatable bonds is 3. The predicted molar refractivity (Wildman–Crippen MR) is 89.5 cm³/mol. The zero-order valence-corrected chi connectivity index (χ0v) is 12.7. The van der Waals surface area contributed by atoms with Crippen LogP contribution in [0, 0.1) is 5.92 Å². The van der Waals surface area contributed by atoms with Gasteiger partial charge in [0.15, 0.2) is 0 Å². The van der Waals surface area contributed by atoms with Crippen LogP contribution in [-0.2, 0) is 4.79 Å². The maximum absolute atomic E-state index is 12.2. The van der Waals surface area contributed by atoms with E-state index in [0.717, 1.165) is 29.4 Å². The molecule has 0 unspecified atom stereocenters. The van der Waals surface area contributed by atoms with Crippen LogP contribution in [0.4, 0.5) is 11.4 Å². The van der Waals surface area contributed by atoms with Gasteiger partial charge < -0.3 is 11.1 Å². The van der Waals surface area contributed by atoms with Crippen LogP contribution in [-0.4, -0.2) is 22.4 Å². The van der Waals surface area contributed by atoms with E-state index in [1.54, 1.807) is 12.3 Å². The van der Waals surface area contributed by atoms with Crippen LogP contribution in [0.3, 0.4) is 0 Å². The van der Waals surface area contributed by atoms with Gasteiger partial charge in [-0.3, -0.25) is 9.78 Å². The lowest BCUT2D eigenvalue weighted by molar-refractivity contribution is -0.117. The van der Waals surface area contributed by atoms with E-state index in [2.05, 4.69) is 10.3 Å². The summed E-state index contributed by atoms with van der Waals surface area (Å²) in [5.41, 5.74) is 8.09. The second kappa shape index (κ2) is 6.35. The number of anilines is 2. The Balaban J connectivity index is 1.75. The second-order valence-electron chi connectivity index (χ2n) is 5.41. The van der Waals surface area contributed by atoms with E-state index in [-0.39, 0.29) is 5.91 Å². The molecule has 0 aliphatic carbocycles. The fourth-order valence-corrected chi connectivity index (χ4v) is 3.92. The lowest BCUT2D eigenvalue weighted by Crippen LogP contribution is -2.19. The molecule has 1 aromatic heterocycles. The summed E-state index contributed by atoms with van der Waals surface area (Å²) >= 11 is 1.98. The Kier molecular flexibility index (Phi) is 4.29. The van der Waals surface area contributed by atoms with Crippen molar-refractivity contribution in [3.63, 3.8) is 0 Å². The molecule has 1 amide bonds.